The molecular weight excluding hydrogens is 643 g/mol. The number of carbonyl (C=O) groups is 2. The van der Waals surface area contributed by atoms with E-state index in [2.05, 4.69) is 27.1 Å². The number of anilines is 5. The highest BCUT2D eigenvalue weighted by Gasteiger charge is 2.41. The highest BCUT2D eigenvalue weighted by atomic mass is 35.5. The lowest BCUT2D eigenvalue weighted by Crippen LogP contribution is -2.58. The number of hydrogen-bond donors (Lipinski definition) is 2. The highest BCUT2D eigenvalue weighted by Crippen LogP contribution is 2.39. The average Bonchev–Trinajstić information content (AvgIpc) is 3.53. The fourth-order valence-electron chi connectivity index (χ4n) is 5.62. The van der Waals surface area contributed by atoms with Crippen molar-refractivity contribution in [2.45, 2.75) is 19.5 Å². The van der Waals surface area contributed by atoms with Crippen LogP contribution in [-0.2, 0) is 4.79 Å². The molecule has 2 saturated heterocycles. The van der Waals surface area contributed by atoms with E-state index in [0.717, 1.165) is 34.0 Å². The molecule has 1 aromatic carbocycles. The van der Waals surface area contributed by atoms with E-state index in [-0.39, 0.29) is 24.9 Å². The van der Waals surface area contributed by atoms with Gasteiger partial charge in [0.15, 0.2) is 22.5 Å². The van der Waals surface area contributed by atoms with Crippen molar-refractivity contribution in [3.8, 4) is 17.0 Å². The van der Waals surface area contributed by atoms with Gasteiger partial charge >= 0.3 is 0 Å². The zero-order valence-corrected chi connectivity index (χ0v) is 27.8. The largest absolute Gasteiger partial charge is 0.493 e. The van der Waals surface area contributed by atoms with Gasteiger partial charge in [-0.05, 0) is 49.8 Å². The molecule has 0 bridgehead atoms. The number of thiazole rings is 1. The van der Waals surface area contributed by atoms with Crippen LogP contribution in [0, 0.1) is 6.92 Å². The molecule has 0 aliphatic carbocycles. The molecule has 14 heteroatoms. The summed E-state index contributed by atoms with van der Waals surface area (Å²) in [7, 11) is 1.54. The van der Waals surface area contributed by atoms with Crippen molar-refractivity contribution in [3.63, 3.8) is 0 Å². The minimum Gasteiger partial charge on any atom is -0.493 e. The van der Waals surface area contributed by atoms with Gasteiger partial charge in [0.25, 0.3) is 5.91 Å². The molecule has 4 aromatic rings. The normalized spacial score (nSPS) is 15.6. The zero-order valence-electron chi connectivity index (χ0n) is 26.2. The Hall–Kier alpha value is -4.75. The van der Waals surface area contributed by atoms with Crippen molar-refractivity contribution in [1.82, 2.24) is 19.9 Å². The van der Waals surface area contributed by atoms with E-state index < -0.39 is 5.67 Å². The fourth-order valence-corrected chi connectivity index (χ4v) is 6.59. The number of methoxy groups -OCH3 is 1. The fraction of sp³-hybridized carbons (Fsp3) is 0.303. The Labute approximate surface area is 281 Å². The quantitative estimate of drug-likeness (QED) is 0.208. The number of amides is 2. The van der Waals surface area contributed by atoms with E-state index in [1.165, 1.54) is 12.3 Å². The van der Waals surface area contributed by atoms with Gasteiger partial charge in [0.05, 0.1) is 48.5 Å². The summed E-state index contributed by atoms with van der Waals surface area (Å²) >= 11 is 7.45. The van der Waals surface area contributed by atoms with Crippen LogP contribution in [0.3, 0.4) is 0 Å². The van der Waals surface area contributed by atoms with Crippen LogP contribution in [0.5, 0.6) is 5.75 Å². The lowest BCUT2D eigenvalue weighted by Gasteiger charge is -2.45. The number of aromatic nitrogens is 3. The number of hydrogen-bond acceptors (Lipinski definition) is 10. The number of pyridine rings is 2. The number of carbonyl (C=O) groups excluding carboxylic acids is 2. The third kappa shape index (κ3) is 6.86. The number of nitrogens with zero attached hydrogens (tertiary/aromatic N) is 6. The van der Waals surface area contributed by atoms with Gasteiger partial charge in [-0.2, -0.15) is 0 Å². The van der Waals surface area contributed by atoms with Gasteiger partial charge in [-0.1, -0.05) is 41.6 Å². The molecule has 2 amide bonds. The van der Waals surface area contributed by atoms with E-state index in [4.69, 9.17) is 26.3 Å². The first kappa shape index (κ1) is 32.2. The minimum atomic E-state index is -1.28. The first-order valence-electron chi connectivity index (χ1n) is 15.0. The van der Waals surface area contributed by atoms with Gasteiger partial charge in [0, 0.05) is 37.9 Å². The van der Waals surface area contributed by atoms with Crippen LogP contribution in [0.15, 0.2) is 61.4 Å². The Morgan fingerprint density at radius 3 is 2.55 bits per heavy atom. The third-order valence-corrected chi connectivity index (χ3v) is 9.31. The number of aryl methyl sites for hydroxylation is 1. The summed E-state index contributed by atoms with van der Waals surface area (Å²) in [6.45, 7) is 9.83. The van der Waals surface area contributed by atoms with Crippen LogP contribution in [-0.4, -0.2) is 83.7 Å². The van der Waals surface area contributed by atoms with E-state index in [1.807, 2.05) is 36.1 Å². The van der Waals surface area contributed by atoms with Crippen molar-refractivity contribution < 1.29 is 18.7 Å². The topological polar surface area (TPSA) is 116 Å². The molecule has 0 spiro atoms. The maximum absolute atomic E-state index is 14.7. The van der Waals surface area contributed by atoms with E-state index in [9.17, 15) is 14.0 Å². The van der Waals surface area contributed by atoms with Crippen LogP contribution in [0.1, 0.15) is 22.2 Å². The molecule has 3 aromatic heterocycles. The average molecular weight is 677 g/mol. The number of benzene rings is 1. The SMILES string of the molecule is C=CC(=O)N1CCN(c2ncc(-c3ccc(OC)c(Nc4ncc(C(=O)Nc5c(C)cccc5Cl)s4)n3)cc2N2CC(C)(F)C2)CC1. The minimum absolute atomic E-state index is 0.0940. The van der Waals surface area contributed by atoms with Gasteiger partial charge in [0.1, 0.15) is 10.5 Å². The summed E-state index contributed by atoms with van der Waals surface area (Å²) < 4.78 is 20.2. The summed E-state index contributed by atoms with van der Waals surface area (Å²) in [4.78, 5) is 45.3. The van der Waals surface area contributed by atoms with Gasteiger partial charge in [0.2, 0.25) is 5.91 Å². The molecular formula is C33H34ClFN8O3S. The van der Waals surface area contributed by atoms with Crippen LogP contribution in [0.2, 0.25) is 5.02 Å². The third-order valence-electron chi connectivity index (χ3n) is 8.08. The Bertz CT molecular complexity index is 1810. The molecule has 0 saturated carbocycles. The highest BCUT2D eigenvalue weighted by molar-refractivity contribution is 7.17. The second-order valence-electron chi connectivity index (χ2n) is 11.6. The van der Waals surface area contributed by atoms with Crippen molar-refractivity contribution in [1.29, 1.82) is 0 Å². The van der Waals surface area contributed by atoms with E-state index in [0.29, 0.717) is 64.2 Å². The first-order valence-corrected chi connectivity index (χ1v) is 16.2. The molecule has 0 unspecified atom stereocenters. The Morgan fingerprint density at radius 2 is 1.87 bits per heavy atom. The van der Waals surface area contributed by atoms with E-state index >= 15 is 0 Å². The number of piperazine rings is 1. The number of ether oxygens (including phenoxy) is 1. The molecule has 2 aliphatic rings. The standard InChI is InChI=1S/C33H34ClFN8O3S/c1-5-27(44)41-11-13-42(14-12-41)30-24(43-18-33(3,35)19-43)15-21(16-36-30)23-9-10-25(46-4)29(38-23)40-32-37-17-26(47-32)31(45)39-28-20(2)7-6-8-22(28)34/h5-10,15-17H,1,11-14,18-19H2,2-4H3,(H,39,45)(H,37,38,40). The van der Waals surface area contributed by atoms with Crippen LogP contribution in [0.4, 0.5) is 32.5 Å². The van der Waals surface area contributed by atoms with Gasteiger partial charge in [-0.3, -0.25) is 9.59 Å². The van der Waals surface area contributed by atoms with Crippen LogP contribution in [0.25, 0.3) is 11.3 Å². The number of alkyl halides is 1. The van der Waals surface area contributed by atoms with Crippen molar-refractivity contribution in [2.24, 2.45) is 0 Å². The molecule has 5 heterocycles. The second-order valence-corrected chi connectivity index (χ2v) is 13.1. The molecule has 6 rings (SSSR count). The van der Waals surface area contributed by atoms with Gasteiger partial charge in [-0.25, -0.2) is 19.3 Å². The molecule has 244 valence electrons. The molecule has 0 radical (unpaired) electrons. The lowest BCUT2D eigenvalue weighted by molar-refractivity contribution is -0.126. The predicted molar refractivity (Wildman–Crippen MR) is 184 cm³/mol. The van der Waals surface area contributed by atoms with Gasteiger partial charge in [-0.15, -0.1) is 0 Å². The number of halogens is 2. The number of para-hydroxylation sites is 1. The molecule has 11 nitrogen and oxygen atoms in total. The number of nitrogens with one attached hydrogen (secondary N) is 2. The van der Waals surface area contributed by atoms with Crippen LogP contribution < -0.4 is 25.2 Å². The van der Waals surface area contributed by atoms with Crippen molar-refractivity contribution in [2.75, 3.05) is 66.8 Å². The summed E-state index contributed by atoms with van der Waals surface area (Å²) in [6, 6.07) is 11.0. The Kier molecular flexibility index (Phi) is 9.02. The molecule has 2 fully saturated rings. The molecule has 2 N–H and O–H groups in total. The lowest BCUT2D eigenvalue weighted by atomic mass is 9.97. The second kappa shape index (κ2) is 13.2. The predicted octanol–water partition coefficient (Wildman–Crippen LogP) is 5.95. The Morgan fingerprint density at radius 1 is 1.11 bits per heavy atom. The Balaban J connectivity index is 1.24. The molecule has 47 heavy (non-hydrogen) atoms. The molecule has 0 atom stereocenters. The maximum atomic E-state index is 14.7. The van der Waals surface area contributed by atoms with E-state index in [1.54, 1.807) is 37.3 Å². The summed E-state index contributed by atoms with van der Waals surface area (Å²) in [5, 5.41) is 6.95. The molecule has 2 aliphatic heterocycles. The summed E-state index contributed by atoms with van der Waals surface area (Å²) in [6.07, 6.45) is 4.56. The van der Waals surface area contributed by atoms with Crippen LogP contribution >= 0.6 is 22.9 Å². The summed E-state index contributed by atoms with van der Waals surface area (Å²) in [5.74, 6) is 1.20. The number of rotatable bonds is 9. The van der Waals surface area contributed by atoms with Crippen molar-refractivity contribution in [3.05, 3.63) is 76.9 Å². The summed E-state index contributed by atoms with van der Waals surface area (Å²) in [5.41, 5.74) is 2.27. The maximum Gasteiger partial charge on any atom is 0.267 e. The smallest absolute Gasteiger partial charge is 0.267 e. The zero-order chi connectivity index (χ0) is 33.3. The van der Waals surface area contributed by atoms with Crippen molar-refractivity contribution >= 4 is 62.9 Å². The van der Waals surface area contributed by atoms with Gasteiger partial charge < -0.3 is 30.1 Å². The first-order chi connectivity index (χ1) is 22.5. The monoisotopic (exact) mass is 676 g/mol.